The van der Waals surface area contributed by atoms with E-state index in [1.165, 1.54) is 77.0 Å². The summed E-state index contributed by atoms with van der Waals surface area (Å²) in [7, 11) is 0. The predicted molar refractivity (Wildman–Crippen MR) is 448 cm³/mol. The molecule has 21 heteroatoms. The van der Waals surface area contributed by atoms with Gasteiger partial charge in [-0.05, 0) is 224 Å². The normalized spacial score (nSPS) is 24.9. The fraction of sp³-hybridized carbons (Fsp3) is 1.00. The summed E-state index contributed by atoms with van der Waals surface area (Å²) in [6.45, 7) is 76.9. The first-order valence-electron chi connectivity index (χ1n) is 44.8. The summed E-state index contributed by atoms with van der Waals surface area (Å²) in [4.78, 5) is 0. The second-order valence-electron chi connectivity index (χ2n) is 44.9. The van der Waals surface area contributed by atoms with Crippen LogP contribution in [0.1, 0.15) is 441 Å². The van der Waals surface area contributed by atoms with Crippen molar-refractivity contribution < 1.29 is 92.2 Å². The zero-order valence-corrected chi connectivity index (χ0v) is 80.1. The first-order valence-corrected chi connectivity index (χ1v) is 44.8. The van der Waals surface area contributed by atoms with Gasteiger partial charge in [-0.1, -0.05) is 319 Å². The second-order valence-corrected chi connectivity index (χ2v) is 44.9. The van der Waals surface area contributed by atoms with E-state index < -0.39 is 103 Å². The number of alkyl halides is 21. The van der Waals surface area contributed by atoms with Crippen LogP contribution in [0.4, 0.5) is 92.2 Å². The maximum absolute atomic E-state index is 13.0. The van der Waals surface area contributed by atoms with Crippen LogP contribution in [0.25, 0.3) is 0 Å². The van der Waals surface area contributed by atoms with Gasteiger partial charge in [0, 0.05) is 0 Å². The van der Waals surface area contributed by atoms with E-state index in [0.717, 1.165) is 74.5 Å². The molecular weight excluding hydrogens is 1540 g/mol. The summed E-state index contributed by atoms with van der Waals surface area (Å²) in [5.74, 6) is 1.90. The van der Waals surface area contributed by atoms with Crippen LogP contribution in [0.2, 0.25) is 0 Å². The maximum atomic E-state index is 13.0. The van der Waals surface area contributed by atoms with E-state index >= 15 is 0 Å². The number of fused-ring (bicyclic) bond motifs is 3. The average Bonchev–Trinajstić information content (AvgIpc) is 0.746. The fourth-order valence-corrected chi connectivity index (χ4v) is 16.6. The van der Waals surface area contributed by atoms with Gasteiger partial charge in [-0.3, -0.25) is 0 Å². The molecule has 0 aromatic carbocycles. The molecule has 8 rings (SSSR count). The fourth-order valence-electron chi connectivity index (χ4n) is 16.6. The molecule has 0 aliphatic heterocycles. The van der Waals surface area contributed by atoms with Gasteiger partial charge in [0.25, 0.3) is 0 Å². The number of rotatable bonds is 5. The third-order valence-electron chi connectivity index (χ3n) is 28.7. The highest BCUT2D eigenvalue weighted by Gasteiger charge is 2.74. The number of hydrogen-bond acceptors (Lipinski definition) is 0. The molecule has 8 saturated carbocycles. The number of hydrogen-bond donors (Lipinski definition) is 0. The highest BCUT2D eigenvalue weighted by Crippen LogP contribution is 2.65. The van der Waals surface area contributed by atoms with Crippen molar-refractivity contribution in [2.45, 2.75) is 485 Å². The molecule has 0 N–H and O–H groups in total. The molecular formula is C95H177F21. The van der Waals surface area contributed by atoms with E-state index in [0.29, 0.717) is 56.7 Å². The van der Waals surface area contributed by atoms with Gasteiger partial charge in [0.2, 0.25) is 0 Å². The minimum Gasteiger partial charge on any atom is -0.171 e. The SMILES string of the molecule is CC(C)(C)C.CC(C)C(C)(C)C.CC1CCC(C(F)(F)F)(C(F)(F)F)CC1.CC1CCC2(CC1)CCC(C(F)(F)F)(C(F)(F)F)CC2.CC1CCCC(C(F)(F)F)[C@@H]1C.CCC(C)(C)C.CCC(C)(CC)C(C)(C)C.CCC(CC)C(C)(C)C.CCCC(C)(C)C.C[C@@H]1CCCCC1(C(F)(F)F)C(F)(F)F.C[C@H]1CC2CCC1(C)CC2. The van der Waals surface area contributed by atoms with Crippen molar-refractivity contribution in [2.75, 3.05) is 0 Å². The lowest BCUT2D eigenvalue weighted by Gasteiger charge is -2.49. The third kappa shape index (κ3) is 41.1. The van der Waals surface area contributed by atoms with Crippen molar-refractivity contribution in [3.63, 3.8) is 0 Å². The molecule has 2 unspecified atom stereocenters. The quantitative estimate of drug-likeness (QED) is 0.241. The van der Waals surface area contributed by atoms with E-state index in [1.807, 2.05) is 6.92 Å². The van der Waals surface area contributed by atoms with Crippen LogP contribution in [-0.2, 0) is 0 Å². The van der Waals surface area contributed by atoms with E-state index in [1.54, 1.807) is 13.8 Å². The Hall–Kier alpha value is -1.47. The summed E-state index contributed by atoms with van der Waals surface area (Å²) < 4.78 is 266. The van der Waals surface area contributed by atoms with Gasteiger partial charge in [-0.2, -0.15) is 92.2 Å². The predicted octanol–water partition coefficient (Wildman–Crippen LogP) is 38.7. The molecule has 8 aliphatic carbocycles. The van der Waals surface area contributed by atoms with Crippen LogP contribution in [0.15, 0.2) is 0 Å². The van der Waals surface area contributed by atoms with Crippen LogP contribution in [-0.4, -0.2) is 43.2 Å². The van der Waals surface area contributed by atoms with E-state index in [4.69, 9.17) is 0 Å². The first kappa shape index (κ1) is 121. The Labute approximate surface area is 698 Å². The van der Waals surface area contributed by atoms with E-state index in [-0.39, 0.29) is 61.7 Å². The maximum Gasteiger partial charge on any atom is 0.403 e. The lowest BCUT2D eigenvalue weighted by Crippen LogP contribution is -2.55. The molecule has 8 fully saturated rings. The Kier molecular flexibility index (Phi) is 49.7. The lowest BCUT2D eigenvalue weighted by molar-refractivity contribution is -0.364. The summed E-state index contributed by atoms with van der Waals surface area (Å²) in [6, 6.07) is 0. The minimum absolute atomic E-state index is 0.0106. The summed E-state index contributed by atoms with van der Waals surface area (Å²) in [6.07, 6.45) is -16.6. The van der Waals surface area contributed by atoms with Crippen molar-refractivity contribution in [1.29, 1.82) is 0 Å². The van der Waals surface area contributed by atoms with Crippen molar-refractivity contribution in [3.05, 3.63) is 0 Å². The monoisotopic (exact) mass is 1720 g/mol. The second kappa shape index (κ2) is 47.7. The first-order chi connectivity index (χ1) is 51.3. The molecule has 0 aromatic rings. The van der Waals surface area contributed by atoms with Crippen molar-refractivity contribution in [1.82, 2.24) is 0 Å². The molecule has 2 bridgehead atoms. The Morgan fingerprint density at radius 1 is 0.353 bits per heavy atom. The zero-order chi connectivity index (χ0) is 93.2. The molecule has 0 saturated heterocycles. The van der Waals surface area contributed by atoms with Crippen molar-refractivity contribution >= 4 is 0 Å². The smallest absolute Gasteiger partial charge is 0.171 e. The van der Waals surface area contributed by atoms with E-state index in [9.17, 15) is 92.2 Å². The Morgan fingerprint density at radius 2 is 0.698 bits per heavy atom. The summed E-state index contributed by atoms with van der Waals surface area (Å²) >= 11 is 0. The Bertz CT molecular complexity index is 2460. The van der Waals surface area contributed by atoms with Crippen LogP contribution < -0.4 is 0 Å². The minimum atomic E-state index is -5.20. The highest BCUT2D eigenvalue weighted by atomic mass is 19.4. The van der Waals surface area contributed by atoms with Crippen LogP contribution in [0.5, 0.6) is 0 Å². The largest absolute Gasteiger partial charge is 0.403 e. The highest BCUT2D eigenvalue weighted by molar-refractivity contribution is 5.03. The average molecular weight is 1720 g/mol. The molecule has 1 spiro atoms. The Balaban J connectivity index is -0.000000608. The van der Waals surface area contributed by atoms with Gasteiger partial charge in [0.1, 0.15) is 0 Å². The molecule has 0 amide bonds. The zero-order valence-electron chi connectivity index (χ0n) is 80.1. The molecule has 704 valence electrons. The topological polar surface area (TPSA) is 0 Å². The van der Waals surface area contributed by atoms with Gasteiger partial charge in [0.15, 0.2) is 16.2 Å². The van der Waals surface area contributed by atoms with Gasteiger partial charge in [-0.25, -0.2) is 0 Å². The van der Waals surface area contributed by atoms with Gasteiger partial charge < -0.3 is 0 Å². The van der Waals surface area contributed by atoms with Crippen LogP contribution in [0, 0.1) is 124 Å². The van der Waals surface area contributed by atoms with Crippen molar-refractivity contribution in [3.8, 4) is 0 Å². The molecule has 116 heavy (non-hydrogen) atoms. The third-order valence-corrected chi connectivity index (χ3v) is 28.7. The molecule has 0 nitrogen and oxygen atoms in total. The van der Waals surface area contributed by atoms with Crippen LogP contribution >= 0.6 is 0 Å². The molecule has 8 aliphatic rings. The standard InChI is InChI=1S/C14H20F6.C10H18.C10H22.2C9H12F6.C9H15F3.C9H20.2C7H16.C6H14.C5H12/c1-10-2-4-11(5-3-10)6-8-12(9-7-11,13(15,16)17)14(18,19)20;1-8-7-9-3-5-10(8,2)6-4-9;1-7-10(6,8-2)9(3,4)5;1-6-2-4-7(5-3-6,8(10,11)12)9(13,14)15;1-6-4-2-3-5-7(6,8(10,11)12)9(13,14)15;1-6-4-3-5-8(7(6)2)9(10,11)12;1-6-8(7-2)9(3,4)5;1-6(2)7(3,4)5;1-5-6-7(2,3)4;1-5-6(2,3)4;1-5(2,3)4/h10H,2-9H2,1H3;8-9H,3-7H2,1-2H3;7-8H2,1-6H3;2*6H,2-5H2,1H3;6-8H,3-5H2,1-2H3;8H,6-7H2,1-5H3;6H,1-5H3;5-6H2,1-4H3;5H2,1-4H3;1-4H3/t;8-,9?,10?;;;6-;6?,7-,8?;;;;;/m.0..11...../s1. The van der Waals surface area contributed by atoms with E-state index in [2.05, 4.69) is 215 Å². The molecule has 0 aromatic heterocycles. The molecule has 0 radical (unpaired) electrons. The lowest BCUT2D eigenvalue weighted by atomic mass is 9.57. The molecule has 0 heterocycles. The Morgan fingerprint density at radius 3 is 0.888 bits per heavy atom. The molecule has 5 atom stereocenters. The number of halogens is 21. The van der Waals surface area contributed by atoms with Gasteiger partial charge >= 0.3 is 43.2 Å². The summed E-state index contributed by atoms with van der Waals surface area (Å²) in [5, 5.41) is 0. The van der Waals surface area contributed by atoms with Crippen molar-refractivity contribution in [2.24, 2.45) is 124 Å². The summed E-state index contributed by atoms with van der Waals surface area (Å²) in [5.41, 5.74) is -6.37. The van der Waals surface area contributed by atoms with Crippen LogP contribution in [0.3, 0.4) is 0 Å². The van der Waals surface area contributed by atoms with Gasteiger partial charge in [-0.15, -0.1) is 0 Å². The van der Waals surface area contributed by atoms with Gasteiger partial charge in [0.05, 0.1) is 5.92 Å².